The first-order valence-electron chi connectivity index (χ1n) is 8.08. The first-order chi connectivity index (χ1) is 11.1. The number of carbonyl (C=O) groups is 2. The lowest BCUT2D eigenvalue weighted by Crippen LogP contribution is -2.49. The molecule has 2 saturated heterocycles. The number of pyridine rings is 1. The largest absolute Gasteiger partial charge is 0.341 e. The number of amides is 2. The van der Waals surface area contributed by atoms with Crippen molar-refractivity contribution in [3.63, 3.8) is 0 Å². The van der Waals surface area contributed by atoms with Gasteiger partial charge >= 0.3 is 0 Å². The molecule has 132 valence electrons. The van der Waals surface area contributed by atoms with Gasteiger partial charge in [-0.2, -0.15) is 0 Å². The van der Waals surface area contributed by atoms with Gasteiger partial charge < -0.3 is 15.5 Å². The molecule has 3 heterocycles. The molecule has 0 spiro atoms. The molecule has 2 N–H and O–H groups in total. The van der Waals surface area contributed by atoms with E-state index >= 15 is 0 Å². The summed E-state index contributed by atoms with van der Waals surface area (Å²) in [4.78, 5) is 30.8. The highest BCUT2D eigenvalue weighted by atomic mass is 35.5. The van der Waals surface area contributed by atoms with Gasteiger partial charge in [0.25, 0.3) is 0 Å². The van der Waals surface area contributed by atoms with Crippen molar-refractivity contribution in [2.75, 3.05) is 25.0 Å². The first-order valence-corrected chi connectivity index (χ1v) is 8.46. The van der Waals surface area contributed by atoms with Gasteiger partial charge in [0.05, 0.1) is 17.0 Å². The number of anilines is 1. The Balaban J connectivity index is 0.00000208. The molecule has 1 aromatic heterocycles. The number of hydrogen-bond acceptors (Lipinski definition) is 4. The molecule has 2 fully saturated rings. The monoisotopic (exact) mass is 372 g/mol. The third-order valence-corrected chi connectivity index (χ3v) is 4.66. The van der Waals surface area contributed by atoms with Crippen molar-refractivity contribution in [2.45, 2.75) is 31.7 Å². The predicted molar refractivity (Wildman–Crippen MR) is 95.5 cm³/mol. The van der Waals surface area contributed by atoms with E-state index in [-0.39, 0.29) is 36.2 Å². The molecule has 6 nitrogen and oxygen atoms in total. The van der Waals surface area contributed by atoms with Crippen molar-refractivity contribution < 1.29 is 9.59 Å². The molecule has 2 atom stereocenters. The normalized spacial score (nSPS) is 23.5. The minimum atomic E-state index is -0.188. The number of halogens is 2. The molecule has 2 aliphatic heterocycles. The Morgan fingerprint density at radius 1 is 1.29 bits per heavy atom. The third kappa shape index (κ3) is 4.59. The maximum atomic E-state index is 12.5. The van der Waals surface area contributed by atoms with Gasteiger partial charge in [0.2, 0.25) is 11.8 Å². The zero-order valence-electron chi connectivity index (χ0n) is 13.3. The molecule has 0 radical (unpaired) electrons. The van der Waals surface area contributed by atoms with Gasteiger partial charge in [-0.1, -0.05) is 11.6 Å². The van der Waals surface area contributed by atoms with Crippen molar-refractivity contribution in [2.24, 2.45) is 5.92 Å². The topological polar surface area (TPSA) is 74.3 Å². The van der Waals surface area contributed by atoms with Crippen LogP contribution in [0, 0.1) is 5.92 Å². The number of nitrogens with one attached hydrogen (secondary N) is 2. The van der Waals surface area contributed by atoms with E-state index in [2.05, 4.69) is 15.6 Å². The van der Waals surface area contributed by atoms with E-state index < -0.39 is 0 Å². The summed E-state index contributed by atoms with van der Waals surface area (Å²) < 4.78 is 0. The molecule has 1 aromatic rings. The number of hydrogen-bond donors (Lipinski definition) is 2. The first kappa shape index (κ1) is 19.0. The average molecular weight is 373 g/mol. The van der Waals surface area contributed by atoms with Gasteiger partial charge in [-0.05, 0) is 44.4 Å². The zero-order chi connectivity index (χ0) is 16.2. The number of rotatable bonds is 3. The van der Waals surface area contributed by atoms with Gasteiger partial charge in [-0.25, -0.2) is 4.98 Å². The summed E-state index contributed by atoms with van der Waals surface area (Å²) >= 11 is 5.79. The van der Waals surface area contributed by atoms with Crippen LogP contribution >= 0.6 is 24.0 Å². The van der Waals surface area contributed by atoms with Crippen LogP contribution in [0.3, 0.4) is 0 Å². The van der Waals surface area contributed by atoms with Crippen molar-refractivity contribution in [3.8, 4) is 0 Å². The number of piperidine rings is 1. The lowest BCUT2D eigenvalue weighted by molar-refractivity contribution is -0.136. The van der Waals surface area contributed by atoms with E-state index in [0.717, 1.165) is 38.8 Å². The molecule has 2 amide bonds. The molecule has 0 aliphatic carbocycles. The van der Waals surface area contributed by atoms with Crippen LogP contribution in [0.5, 0.6) is 0 Å². The smallest absolute Gasteiger partial charge is 0.239 e. The second-order valence-corrected chi connectivity index (χ2v) is 6.56. The quantitative estimate of drug-likeness (QED) is 0.851. The van der Waals surface area contributed by atoms with Gasteiger partial charge in [0, 0.05) is 19.3 Å². The average Bonchev–Trinajstić information content (AvgIpc) is 3.11. The Morgan fingerprint density at radius 2 is 2.12 bits per heavy atom. The van der Waals surface area contributed by atoms with Gasteiger partial charge in [-0.3, -0.25) is 9.59 Å². The Morgan fingerprint density at radius 3 is 2.79 bits per heavy atom. The highest BCUT2D eigenvalue weighted by Crippen LogP contribution is 2.21. The second kappa shape index (κ2) is 8.65. The zero-order valence-corrected chi connectivity index (χ0v) is 14.9. The van der Waals surface area contributed by atoms with Crippen LogP contribution in [0.2, 0.25) is 5.02 Å². The number of carbonyl (C=O) groups excluding carboxylic acids is 2. The van der Waals surface area contributed by atoms with Crippen molar-refractivity contribution in [1.82, 2.24) is 15.2 Å². The van der Waals surface area contributed by atoms with Crippen molar-refractivity contribution in [3.05, 3.63) is 23.4 Å². The molecule has 2 unspecified atom stereocenters. The van der Waals surface area contributed by atoms with Gasteiger partial charge in [-0.15, -0.1) is 12.4 Å². The summed E-state index contributed by atoms with van der Waals surface area (Å²) in [7, 11) is 0. The fraction of sp³-hybridized carbons (Fsp3) is 0.562. The van der Waals surface area contributed by atoms with Crippen LogP contribution in [0.4, 0.5) is 5.82 Å². The Kier molecular flexibility index (Phi) is 6.83. The van der Waals surface area contributed by atoms with E-state index in [1.54, 1.807) is 12.1 Å². The van der Waals surface area contributed by atoms with Gasteiger partial charge in [0.15, 0.2) is 0 Å². The molecule has 0 bridgehead atoms. The Labute approximate surface area is 152 Å². The van der Waals surface area contributed by atoms with Crippen molar-refractivity contribution >= 4 is 41.6 Å². The standard InChI is InChI=1S/C16H21ClN4O2.ClH/c17-12-5-6-14(19-9-12)20-15(22)11-3-2-8-21(10-11)16(23)13-4-1-7-18-13;/h5-6,9,11,13,18H,1-4,7-8,10H2,(H,19,20,22);1H. The Bertz CT molecular complexity index is 576. The summed E-state index contributed by atoms with van der Waals surface area (Å²) in [5.41, 5.74) is 0. The fourth-order valence-electron chi connectivity index (χ4n) is 3.19. The minimum Gasteiger partial charge on any atom is -0.341 e. The fourth-order valence-corrected chi connectivity index (χ4v) is 3.30. The maximum Gasteiger partial charge on any atom is 0.239 e. The summed E-state index contributed by atoms with van der Waals surface area (Å²) in [6.07, 6.45) is 5.07. The second-order valence-electron chi connectivity index (χ2n) is 6.12. The Hall–Kier alpha value is -1.37. The lowest BCUT2D eigenvalue weighted by Gasteiger charge is -2.33. The van der Waals surface area contributed by atoms with Gasteiger partial charge in [0.1, 0.15) is 5.82 Å². The molecular weight excluding hydrogens is 351 g/mol. The molecule has 0 saturated carbocycles. The van der Waals surface area contributed by atoms with Crippen LogP contribution < -0.4 is 10.6 Å². The summed E-state index contributed by atoms with van der Waals surface area (Å²) in [5.74, 6) is 0.341. The number of likely N-dealkylation sites (tertiary alicyclic amines) is 1. The highest BCUT2D eigenvalue weighted by molar-refractivity contribution is 6.30. The van der Waals surface area contributed by atoms with E-state index in [9.17, 15) is 9.59 Å². The lowest BCUT2D eigenvalue weighted by atomic mass is 9.96. The summed E-state index contributed by atoms with van der Waals surface area (Å²) in [6, 6.07) is 3.29. The molecule has 2 aliphatic rings. The highest BCUT2D eigenvalue weighted by Gasteiger charge is 2.32. The summed E-state index contributed by atoms with van der Waals surface area (Å²) in [5, 5.41) is 6.56. The van der Waals surface area contributed by atoms with Crippen molar-refractivity contribution in [1.29, 1.82) is 0 Å². The molecule has 24 heavy (non-hydrogen) atoms. The van der Waals surface area contributed by atoms with E-state index in [1.807, 2.05) is 4.90 Å². The van der Waals surface area contributed by atoms with Crippen LogP contribution in [-0.4, -0.2) is 47.4 Å². The molecule has 8 heteroatoms. The van der Waals surface area contributed by atoms with Crippen LogP contribution in [0.25, 0.3) is 0 Å². The van der Waals surface area contributed by atoms with E-state index in [0.29, 0.717) is 17.4 Å². The number of aromatic nitrogens is 1. The summed E-state index contributed by atoms with van der Waals surface area (Å²) in [6.45, 7) is 2.12. The van der Waals surface area contributed by atoms with E-state index in [1.165, 1.54) is 6.20 Å². The third-order valence-electron chi connectivity index (χ3n) is 4.44. The minimum absolute atomic E-state index is 0. The van der Waals surface area contributed by atoms with E-state index in [4.69, 9.17) is 11.6 Å². The molecular formula is C16H22Cl2N4O2. The predicted octanol–water partition coefficient (Wildman–Crippen LogP) is 2.09. The number of nitrogens with zero attached hydrogens (tertiary/aromatic N) is 2. The molecule has 3 rings (SSSR count). The maximum absolute atomic E-state index is 12.5. The van der Waals surface area contributed by atoms with Crippen LogP contribution in [-0.2, 0) is 9.59 Å². The van der Waals surface area contributed by atoms with Crippen LogP contribution in [0.1, 0.15) is 25.7 Å². The van der Waals surface area contributed by atoms with Crippen LogP contribution in [0.15, 0.2) is 18.3 Å². The SMILES string of the molecule is Cl.O=C(Nc1ccc(Cl)cn1)C1CCCN(C(=O)C2CCCN2)C1. The molecule has 0 aromatic carbocycles.